The summed E-state index contributed by atoms with van der Waals surface area (Å²) in [5, 5.41) is 5.55. The Balaban J connectivity index is 1.78. The van der Waals surface area contributed by atoms with E-state index >= 15 is 0 Å². The molecule has 6 heteroatoms. The third-order valence-corrected chi connectivity index (χ3v) is 4.34. The van der Waals surface area contributed by atoms with Gasteiger partial charge in [-0.25, -0.2) is 4.39 Å². The Morgan fingerprint density at radius 3 is 2.28 bits per heavy atom. The highest BCUT2D eigenvalue weighted by Gasteiger charge is 2.20. The molecule has 5 nitrogen and oxygen atoms in total. The lowest BCUT2D eigenvalue weighted by Crippen LogP contribution is -2.20. The number of carbonyl (C=O) groups excluding carboxylic acids is 2. The zero-order chi connectivity index (χ0) is 21.0. The van der Waals surface area contributed by atoms with Crippen molar-refractivity contribution in [2.45, 2.75) is 26.2 Å². The minimum Gasteiger partial charge on any atom is -0.322 e. The highest BCUT2D eigenvalue weighted by atomic mass is 19.1. The van der Waals surface area contributed by atoms with Crippen molar-refractivity contribution in [2.75, 3.05) is 10.6 Å². The number of hydrogen-bond acceptors (Lipinski definition) is 3. The minimum atomic E-state index is -0.414. The first-order chi connectivity index (χ1) is 13.7. The van der Waals surface area contributed by atoms with Crippen molar-refractivity contribution < 1.29 is 14.0 Å². The normalized spacial score (nSPS) is 11.0. The number of hydrogen-bond donors (Lipinski definition) is 2. The average molecular weight is 391 g/mol. The number of halogens is 1. The molecule has 0 aliphatic rings. The lowest BCUT2D eigenvalue weighted by molar-refractivity contribution is 0.102. The number of amides is 2. The summed E-state index contributed by atoms with van der Waals surface area (Å²) in [5.74, 6) is -1.21. The van der Waals surface area contributed by atoms with Gasteiger partial charge in [0.05, 0.1) is 0 Å². The van der Waals surface area contributed by atoms with Crippen LogP contribution >= 0.6 is 0 Å². The van der Waals surface area contributed by atoms with Gasteiger partial charge in [0, 0.05) is 23.1 Å². The second-order valence-corrected chi connectivity index (χ2v) is 7.64. The minimum absolute atomic E-state index is 0.125. The molecule has 1 heterocycles. The molecule has 3 aromatic rings. The van der Waals surface area contributed by atoms with E-state index in [0.29, 0.717) is 11.4 Å². The van der Waals surface area contributed by atoms with Crippen LogP contribution in [0, 0.1) is 5.82 Å². The van der Waals surface area contributed by atoms with Crippen LogP contribution in [-0.4, -0.2) is 16.8 Å². The van der Waals surface area contributed by atoms with E-state index in [0.717, 1.165) is 5.56 Å². The number of benzene rings is 2. The quantitative estimate of drug-likeness (QED) is 0.656. The number of aromatic nitrogens is 1. The summed E-state index contributed by atoms with van der Waals surface area (Å²) in [4.78, 5) is 29.3. The molecule has 3 rings (SSSR count). The first-order valence-electron chi connectivity index (χ1n) is 9.18. The molecular formula is C23H22FN3O2. The summed E-state index contributed by atoms with van der Waals surface area (Å²) in [6.07, 6.45) is 1.41. The molecule has 1 aromatic heterocycles. The van der Waals surface area contributed by atoms with Crippen molar-refractivity contribution in [1.82, 2.24) is 4.98 Å². The first kappa shape index (κ1) is 20.2. The van der Waals surface area contributed by atoms with E-state index in [4.69, 9.17) is 0 Å². The van der Waals surface area contributed by atoms with Gasteiger partial charge in [-0.15, -0.1) is 0 Å². The average Bonchev–Trinajstić information content (AvgIpc) is 2.69. The largest absolute Gasteiger partial charge is 0.322 e. The molecule has 29 heavy (non-hydrogen) atoms. The SMILES string of the molecule is CC(C)(C)c1ccccc1NC(=O)c1cc(C(=O)Nc2ccc(F)cc2)ccn1. The zero-order valence-corrected chi connectivity index (χ0v) is 16.5. The summed E-state index contributed by atoms with van der Waals surface area (Å²) in [7, 11) is 0. The van der Waals surface area contributed by atoms with E-state index in [2.05, 4.69) is 36.4 Å². The molecule has 0 radical (unpaired) electrons. The van der Waals surface area contributed by atoms with Crippen LogP contribution in [0.1, 0.15) is 47.2 Å². The van der Waals surface area contributed by atoms with E-state index in [1.165, 1.54) is 42.6 Å². The third kappa shape index (κ3) is 5.04. The van der Waals surface area contributed by atoms with Crippen molar-refractivity contribution in [3.8, 4) is 0 Å². The zero-order valence-electron chi connectivity index (χ0n) is 16.5. The Hall–Kier alpha value is -3.54. The molecule has 0 saturated heterocycles. The van der Waals surface area contributed by atoms with Gasteiger partial charge in [-0.3, -0.25) is 14.6 Å². The maximum Gasteiger partial charge on any atom is 0.274 e. The second kappa shape index (κ2) is 8.22. The number of para-hydroxylation sites is 1. The topological polar surface area (TPSA) is 71.1 Å². The van der Waals surface area contributed by atoms with Crippen molar-refractivity contribution in [3.63, 3.8) is 0 Å². The van der Waals surface area contributed by atoms with Crippen molar-refractivity contribution >= 4 is 23.2 Å². The molecule has 0 aliphatic carbocycles. The molecule has 2 aromatic carbocycles. The van der Waals surface area contributed by atoms with Crippen LogP contribution in [0.15, 0.2) is 66.9 Å². The Morgan fingerprint density at radius 1 is 0.897 bits per heavy atom. The van der Waals surface area contributed by atoms with Crippen LogP contribution in [-0.2, 0) is 5.41 Å². The monoisotopic (exact) mass is 391 g/mol. The predicted octanol–water partition coefficient (Wildman–Crippen LogP) is 5.02. The summed E-state index contributed by atoms with van der Waals surface area (Å²) < 4.78 is 13.0. The van der Waals surface area contributed by atoms with Gasteiger partial charge in [0.2, 0.25) is 0 Å². The van der Waals surface area contributed by atoms with Crippen LogP contribution in [0.2, 0.25) is 0 Å². The number of pyridine rings is 1. The van der Waals surface area contributed by atoms with E-state index in [1.807, 2.05) is 24.3 Å². The van der Waals surface area contributed by atoms with E-state index in [9.17, 15) is 14.0 Å². The molecule has 0 spiro atoms. The molecule has 0 bridgehead atoms. The van der Waals surface area contributed by atoms with Gasteiger partial charge >= 0.3 is 0 Å². The van der Waals surface area contributed by atoms with Crippen molar-refractivity contribution in [1.29, 1.82) is 0 Å². The Kier molecular flexibility index (Phi) is 5.73. The third-order valence-electron chi connectivity index (χ3n) is 4.34. The predicted molar refractivity (Wildman–Crippen MR) is 112 cm³/mol. The summed E-state index contributed by atoms with van der Waals surface area (Å²) in [6, 6.07) is 16.0. The highest BCUT2D eigenvalue weighted by Crippen LogP contribution is 2.29. The van der Waals surface area contributed by atoms with Crippen molar-refractivity contribution in [3.05, 3.63) is 89.5 Å². The lowest BCUT2D eigenvalue weighted by Gasteiger charge is -2.22. The Bertz CT molecular complexity index is 1040. The van der Waals surface area contributed by atoms with Crippen LogP contribution in [0.4, 0.5) is 15.8 Å². The number of nitrogens with zero attached hydrogens (tertiary/aromatic N) is 1. The maximum atomic E-state index is 13.0. The van der Waals surface area contributed by atoms with Crippen molar-refractivity contribution in [2.24, 2.45) is 0 Å². The van der Waals surface area contributed by atoms with Crippen LogP contribution in [0.5, 0.6) is 0 Å². The second-order valence-electron chi connectivity index (χ2n) is 7.64. The van der Waals surface area contributed by atoms with E-state index in [-0.39, 0.29) is 22.5 Å². The number of rotatable bonds is 4. The van der Waals surface area contributed by atoms with Gasteiger partial charge in [-0.05, 0) is 53.4 Å². The summed E-state index contributed by atoms with van der Waals surface area (Å²) in [6.45, 7) is 6.20. The summed E-state index contributed by atoms with van der Waals surface area (Å²) in [5.41, 5.74) is 2.41. The van der Waals surface area contributed by atoms with Gasteiger partial charge in [-0.1, -0.05) is 39.0 Å². The van der Waals surface area contributed by atoms with Gasteiger partial charge < -0.3 is 10.6 Å². The number of anilines is 2. The smallest absolute Gasteiger partial charge is 0.274 e. The summed E-state index contributed by atoms with van der Waals surface area (Å²) >= 11 is 0. The fourth-order valence-corrected chi connectivity index (χ4v) is 2.86. The Morgan fingerprint density at radius 2 is 1.59 bits per heavy atom. The molecule has 0 unspecified atom stereocenters. The standard InChI is InChI=1S/C23H22FN3O2/c1-23(2,3)18-6-4-5-7-19(18)27-22(29)20-14-15(12-13-25-20)21(28)26-17-10-8-16(24)9-11-17/h4-14H,1-3H3,(H,26,28)(H,27,29). The molecule has 0 saturated carbocycles. The molecule has 2 N–H and O–H groups in total. The maximum absolute atomic E-state index is 13.0. The van der Waals surface area contributed by atoms with Gasteiger partial charge in [0.25, 0.3) is 11.8 Å². The fraction of sp³-hybridized carbons (Fsp3) is 0.174. The first-order valence-corrected chi connectivity index (χ1v) is 9.18. The van der Waals surface area contributed by atoms with Gasteiger partial charge in [0.15, 0.2) is 0 Å². The molecular weight excluding hydrogens is 369 g/mol. The number of nitrogens with one attached hydrogen (secondary N) is 2. The Labute approximate surface area is 169 Å². The van der Waals surface area contributed by atoms with Crippen LogP contribution < -0.4 is 10.6 Å². The highest BCUT2D eigenvalue weighted by molar-refractivity contribution is 6.08. The molecule has 0 atom stereocenters. The molecule has 2 amide bonds. The van der Waals surface area contributed by atoms with E-state index in [1.54, 1.807) is 0 Å². The van der Waals surface area contributed by atoms with Crippen LogP contribution in [0.25, 0.3) is 0 Å². The molecule has 0 fully saturated rings. The molecule has 148 valence electrons. The van der Waals surface area contributed by atoms with Gasteiger partial charge in [-0.2, -0.15) is 0 Å². The lowest BCUT2D eigenvalue weighted by atomic mass is 9.86. The fourth-order valence-electron chi connectivity index (χ4n) is 2.86. The van der Waals surface area contributed by atoms with Gasteiger partial charge in [0.1, 0.15) is 11.5 Å². The van der Waals surface area contributed by atoms with Crippen LogP contribution in [0.3, 0.4) is 0 Å². The molecule has 0 aliphatic heterocycles. The number of carbonyl (C=O) groups is 2. The van der Waals surface area contributed by atoms with E-state index < -0.39 is 11.8 Å².